The van der Waals surface area contributed by atoms with Gasteiger partial charge in [-0.25, -0.2) is 9.59 Å². The number of allylic oxidation sites excluding steroid dienone is 2. The zero-order valence-corrected chi connectivity index (χ0v) is 10.9. The third kappa shape index (κ3) is 4.73. The van der Waals surface area contributed by atoms with Gasteiger partial charge in [-0.2, -0.15) is 0 Å². The lowest BCUT2D eigenvalue weighted by Gasteiger charge is -2.30. The van der Waals surface area contributed by atoms with Crippen molar-refractivity contribution >= 4 is 11.9 Å². The van der Waals surface area contributed by atoms with E-state index < -0.39 is 0 Å². The topological polar surface area (TPSA) is 52.6 Å². The van der Waals surface area contributed by atoms with Crippen LogP contribution in [0.4, 0.5) is 0 Å². The summed E-state index contributed by atoms with van der Waals surface area (Å²) in [4.78, 5) is 22.8. The highest BCUT2D eigenvalue weighted by Crippen LogP contribution is 2.24. The fourth-order valence-electron chi connectivity index (χ4n) is 1.98. The molecule has 0 aliphatic heterocycles. The Balaban J connectivity index is 2.56. The van der Waals surface area contributed by atoms with Gasteiger partial charge in [0.15, 0.2) is 0 Å². The predicted octanol–water partition coefficient (Wildman–Crippen LogP) is 2.54. The zero-order valence-electron chi connectivity index (χ0n) is 10.9. The molecule has 1 saturated carbocycles. The number of ether oxygens (including phenoxy) is 2. The Bertz CT molecular complexity index is 310. The number of rotatable bonds is 4. The van der Waals surface area contributed by atoms with Gasteiger partial charge in [0.1, 0.15) is 12.2 Å². The van der Waals surface area contributed by atoms with Gasteiger partial charge in [0.05, 0.1) is 0 Å². The second kappa shape index (κ2) is 7.69. The lowest BCUT2D eigenvalue weighted by molar-refractivity contribution is -0.165. The number of hydrogen-bond acceptors (Lipinski definition) is 4. The van der Waals surface area contributed by atoms with Crippen LogP contribution >= 0.6 is 0 Å². The standard InChI is InChI=1S/C14H20O4/c1-3-7-13(15)17-11-9-5-6-10-12(11)18-14(16)8-4-2/h3-4,7-8,11-12H,5-6,9-10H2,1-2H3. The van der Waals surface area contributed by atoms with E-state index >= 15 is 0 Å². The Labute approximate surface area is 108 Å². The molecule has 1 fully saturated rings. The first-order valence-electron chi connectivity index (χ1n) is 6.34. The Morgan fingerprint density at radius 3 is 1.61 bits per heavy atom. The quantitative estimate of drug-likeness (QED) is 0.570. The van der Waals surface area contributed by atoms with Gasteiger partial charge in [-0.05, 0) is 39.5 Å². The maximum atomic E-state index is 11.4. The van der Waals surface area contributed by atoms with Gasteiger partial charge < -0.3 is 9.47 Å². The molecule has 0 aromatic carbocycles. The molecule has 4 heteroatoms. The summed E-state index contributed by atoms with van der Waals surface area (Å²) < 4.78 is 10.6. The highest BCUT2D eigenvalue weighted by atomic mass is 16.6. The van der Waals surface area contributed by atoms with Gasteiger partial charge in [0.2, 0.25) is 0 Å². The highest BCUT2D eigenvalue weighted by Gasteiger charge is 2.30. The van der Waals surface area contributed by atoms with E-state index in [1.807, 2.05) is 0 Å². The Morgan fingerprint density at radius 2 is 1.28 bits per heavy atom. The minimum absolute atomic E-state index is 0.323. The maximum absolute atomic E-state index is 11.4. The van der Waals surface area contributed by atoms with Crippen LogP contribution in [-0.2, 0) is 19.1 Å². The number of carbonyl (C=O) groups is 2. The summed E-state index contributed by atoms with van der Waals surface area (Å²) in [5, 5.41) is 0. The van der Waals surface area contributed by atoms with Crippen molar-refractivity contribution in [3.8, 4) is 0 Å². The van der Waals surface area contributed by atoms with Crippen molar-refractivity contribution in [3.63, 3.8) is 0 Å². The first-order chi connectivity index (χ1) is 8.67. The Hall–Kier alpha value is -1.58. The molecule has 2 unspecified atom stereocenters. The lowest BCUT2D eigenvalue weighted by atomic mass is 9.94. The van der Waals surface area contributed by atoms with E-state index in [1.54, 1.807) is 26.0 Å². The number of carbonyl (C=O) groups excluding carboxylic acids is 2. The van der Waals surface area contributed by atoms with Crippen molar-refractivity contribution in [1.29, 1.82) is 0 Å². The van der Waals surface area contributed by atoms with Crippen LogP contribution in [0.15, 0.2) is 24.3 Å². The molecule has 0 heterocycles. The number of esters is 2. The van der Waals surface area contributed by atoms with Crippen LogP contribution < -0.4 is 0 Å². The van der Waals surface area contributed by atoms with Crippen molar-refractivity contribution in [2.45, 2.75) is 51.7 Å². The third-order valence-electron chi connectivity index (χ3n) is 2.78. The van der Waals surface area contributed by atoms with E-state index in [9.17, 15) is 9.59 Å². The van der Waals surface area contributed by atoms with Gasteiger partial charge in [-0.1, -0.05) is 12.2 Å². The average Bonchev–Trinajstić information content (AvgIpc) is 2.32. The van der Waals surface area contributed by atoms with Crippen LogP contribution in [0.1, 0.15) is 39.5 Å². The molecule has 0 radical (unpaired) electrons. The highest BCUT2D eigenvalue weighted by molar-refractivity contribution is 5.82. The van der Waals surface area contributed by atoms with Crippen LogP contribution in [-0.4, -0.2) is 24.1 Å². The first kappa shape index (κ1) is 14.5. The van der Waals surface area contributed by atoms with Crippen LogP contribution in [0.3, 0.4) is 0 Å². The summed E-state index contributed by atoms with van der Waals surface area (Å²) in [6, 6.07) is 0. The van der Waals surface area contributed by atoms with Gasteiger partial charge >= 0.3 is 11.9 Å². The summed E-state index contributed by atoms with van der Waals surface area (Å²) in [5.74, 6) is -0.757. The Morgan fingerprint density at radius 1 is 0.889 bits per heavy atom. The molecule has 2 atom stereocenters. The predicted molar refractivity (Wildman–Crippen MR) is 67.9 cm³/mol. The smallest absolute Gasteiger partial charge is 0.330 e. The average molecular weight is 252 g/mol. The van der Waals surface area contributed by atoms with Crippen molar-refractivity contribution in [2.75, 3.05) is 0 Å². The van der Waals surface area contributed by atoms with E-state index in [4.69, 9.17) is 9.47 Å². The minimum Gasteiger partial charge on any atom is -0.455 e. The third-order valence-corrected chi connectivity index (χ3v) is 2.78. The molecule has 0 saturated heterocycles. The molecule has 1 aliphatic carbocycles. The maximum Gasteiger partial charge on any atom is 0.330 e. The molecule has 4 nitrogen and oxygen atoms in total. The monoisotopic (exact) mass is 252 g/mol. The molecule has 0 N–H and O–H groups in total. The minimum atomic E-state index is -0.378. The zero-order chi connectivity index (χ0) is 13.4. The molecule has 1 rings (SSSR count). The van der Waals surface area contributed by atoms with Crippen LogP contribution in [0.5, 0.6) is 0 Å². The summed E-state index contributed by atoms with van der Waals surface area (Å²) in [7, 11) is 0. The van der Waals surface area contributed by atoms with Crippen molar-refractivity contribution in [3.05, 3.63) is 24.3 Å². The van der Waals surface area contributed by atoms with Crippen molar-refractivity contribution < 1.29 is 19.1 Å². The molecular formula is C14H20O4. The largest absolute Gasteiger partial charge is 0.455 e. The second-order valence-electron chi connectivity index (χ2n) is 4.24. The number of hydrogen-bond donors (Lipinski definition) is 0. The molecular weight excluding hydrogens is 232 g/mol. The molecule has 0 aromatic rings. The first-order valence-corrected chi connectivity index (χ1v) is 6.34. The van der Waals surface area contributed by atoms with E-state index in [0.717, 1.165) is 25.7 Å². The summed E-state index contributed by atoms with van der Waals surface area (Å²) in [6.07, 6.45) is 8.84. The molecule has 1 aliphatic rings. The van der Waals surface area contributed by atoms with Crippen molar-refractivity contribution in [2.24, 2.45) is 0 Å². The van der Waals surface area contributed by atoms with Gasteiger partial charge in [0.25, 0.3) is 0 Å². The van der Waals surface area contributed by atoms with Crippen LogP contribution in [0.25, 0.3) is 0 Å². The fourth-order valence-corrected chi connectivity index (χ4v) is 1.98. The van der Waals surface area contributed by atoms with Gasteiger partial charge in [-0.3, -0.25) is 0 Å². The molecule has 18 heavy (non-hydrogen) atoms. The van der Waals surface area contributed by atoms with E-state index in [0.29, 0.717) is 0 Å². The Kier molecular flexibility index (Phi) is 6.19. The van der Waals surface area contributed by atoms with E-state index in [1.165, 1.54) is 12.2 Å². The van der Waals surface area contributed by atoms with Crippen LogP contribution in [0, 0.1) is 0 Å². The molecule has 100 valence electrons. The van der Waals surface area contributed by atoms with Crippen LogP contribution in [0.2, 0.25) is 0 Å². The molecule has 0 amide bonds. The summed E-state index contributed by atoms with van der Waals surface area (Å²) in [5.41, 5.74) is 0. The molecule has 0 aromatic heterocycles. The molecule has 0 bridgehead atoms. The fraction of sp³-hybridized carbons (Fsp3) is 0.571. The van der Waals surface area contributed by atoms with Gasteiger partial charge in [0, 0.05) is 12.2 Å². The summed E-state index contributed by atoms with van der Waals surface area (Å²) in [6.45, 7) is 3.51. The SMILES string of the molecule is CC=CC(=O)OC1CCCCC1OC(=O)C=CC. The summed E-state index contributed by atoms with van der Waals surface area (Å²) >= 11 is 0. The van der Waals surface area contributed by atoms with E-state index in [2.05, 4.69) is 0 Å². The lowest BCUT2D eigenvalue weighted by Crippen LogP contribution is -2.37. The molecule has 0 spiro atoms. The van der Waals surface area contributed by atoms with Crippen molar-refractivity contribution in [1.82, 2.24) is 0 Å². The normalized spacial score (nSPS) is 24.3. The second-order valence-corrected chi connectivity index (χ2v) is 4.24. The van der Waals surface area contributed by atoms with E-state index in [-0.39, 0.29) is 24.1 Å². The van der Waals surface area contributed by atoms with Gasteiger partial charge in [-0.15, -0.1) is 0 Å².